The van der Waals surface area contributed by atoms with Crippen molar-refractivity contribution in [2.75, 3.05) is 44.7 Å². The normalized spacial score (nSPS) is 14.0. The van der Waals surface area contributed by atoms with E-state index >= 15 is 0 Å². The number of hydrazone groups is 1. The molecule has 2 heterocycles. The Kier molecular flexibility index (Phi) is 8.61. The first-order valence-corrected chi connectivity index (χ1v) is 11.8. The molecule has 9 nitrogen and oxygen atoms in total. The molecule has 2 aromatic carbocycles. The van der Waals surface area contributed by atoms with E-state index in [0.717, 1.165) is 26.2 Å². The van der Waals surface area contributed by atoms with Gasteiger partial charge in [-0.25, -0.2) is 10.2 Å². The lowest BCUT2D eigenvalue weighted by atomic mass is 10.2. The van der Waals surface area contributed by atoms with Crippen LogP contribution >= 0.6 is 0 Å². The number of amides is 1. The fourth-order valence-corrected chi connectivity index (χ4v) is 3.85. The van der Waals surface area contributed by atoms with Gasteiger partial charge in [0.05, 0.1) is 18.9 Å². The Morgan fingerprint density at radius 1 is 1.03 bits per heavy atom. The van der Waals surface area contributed by atoms with Crippen molar-refractivity contribution in [3.8, 4) is 11.5 Å². The van der Waals surface area contributed by atoms with Gasteiger partial charge in [-0.3, -0.25) is 14.7 Å². The highest BCUT2D eigenvalue weighted by Gasteiger charge is 2.17. The van der Waals surface area contributed by atoms with Crippen LogP contribution in [-0.4, -0.2) is 67.8 Å². The first-order chi connectivity index (χ1) is 17.6. The molecule has 0 spiro atoms. The van der Waals surface area contributed by atoms with Crippen molar-refractivity contribution in [3.63, 3.8) is 0 Å². The van der Waals surface area contributed by atoms with E-state index in [0.29, 0.717) is 29.8 Å². The molecule has 1 aliphatic rings. The molecular formula is C27H29N5O4. The summed E-state index contributed by atoms with van der Waals surface area (Å²) in [6.07, 6.45) is 4.90. The van der Waals surface area contributed by atoms with E-state index < -0.39 is 5.97 Å². The van der Waals surface area contributed by atoms with Crippen LogP contribution in [0.2, 0.25) is 0 Å². The van der Waals surface area contributed by atoms with Gasteiger partial charge in [0.15, 0.2) is 11.5 Å². The van der Waals surface area contributed by atoms with E-state index in [1.54, 1.807) is 36.5 Å². The summed E-state index contributed by atoms with van der Waals surface area (Å²) in [4.78, 5) is 33.1. The lowest BCUT2D eigenvalue weighted by Gasteiger charge is -2.36. The predicted molar refractivity (Wildman–Crippen MR) is 138 cm³/mol. The summed E-state index contributed by atoms with van der Waals surface area (Å²) in [5.41, 5.74) is 4.83. The number of methoxy groups -OCH3 is 1. The van der Waals surface area contributed by atoms with Gasteiger partial charge in [-0.1, -0.05) is 18.2 Å². The van der Waals surface area contributed by atoms with Gasteiger partial charge in [-0.05, 0) is 48.0 Å². The van der Waals surface area contributed by atoms with Crippen molar-refractivity contribution >= 4 is 23.8 Å². The third kappa shape index (κ3) is 6.89. The highest BCUT2D eigenvalue weighted by Crippen LogP contribution is 2.28. The number of piperazine rings is 1. The van der Waals surface area contributed by atoms with E-state index in [2.05, 4.69) is 49.6 Å². The predicted octanol–water partition coefficient (Wildman–Crippen LogP) is 2.97. The van der Waals surface area contributed by atoms with E-state index in [-0.39, 0.29) is 11.7 Å². The number of hydrogen-bond donors (Lipinski definition) is 1. The maximum Gasteiger partial charge on any atom is 0.345 e. The lowest BCUT2D eigenvalue weighted by molar-refractivity contribution is -0.121. The second kappa shape index (κ2) is 12.5. The Balaban J connectivity index is 1.21. The molecule has 0 bridgehead atoms. The third-order valence-corrected chi connectivity index (χ3v) is 5.84. The van der Waals surface area contributed by atoms with Crippen LogP contribution < -0.4 is 19.8 Å². The highest BCUT2D eigenvalue weighted by molar-refractivity contribution is 5.91. The molecule has 3 aromatic rings. The van der Waals surface area contributed by atoms with Crippen LogP contribution in [-0.2, 0) is 4.79 Å². The summed E-state index contributed by atoms with van der Waals surface area (Å²) in [5, 5.41) is 4.05. The average Bonchev–Trinajstić information content (AvgIpc) is 2.94. The Labute approximate surface area is 210 Å². The Hall–Kier alpha value is -4.24. The zero-order valence-electron chi connectivity index (χ0n) is 20.2. The monoisotopic (exact) mass is 487 g/mol. The molecule has 1 saturated heterocycles. The first-order valence-electron chi connectivity index (χ1n) is 11.8. The molecule has 9 heteroatoms. The topological polar surface area (TPSA) is 96.4 Å². The number of carbonyl (C=O) groups is 2. The number of carbonyl (C=O) groups excluding carboxylic acids is 2. The van der Waals surface area contributed by atoms with Crippen molar-refractivity contribution < 1.29 is 19.1 Å². The fraction of sp³-hybridized carbons (Fsp3) is 0.259. The quantitative estimate of drug-likeness (QED) is 0.215. The number of anilines is 1. The number of nitrogens with zero attached hydrogens (tertiary/aromatic N) is 4. The van der Waals surface area contributed by atoms with E-state index in [1.165, 1.54) is 25.2 Å². The molecule has 186 valence electrons. The van der Waals surface area contributed by atoms with Gasteiger partial charge in [-0.2, -0.15) is 5.10 Å². The number of ether oxygens (including phenoxy) is 2. The summed E-state index contributed by atoms with van der Waals surface area (Å²) < 4.78 is 10.8. The second-order valence-corrected chi connectivity index (χ2v) is 8.25. The molecule has 1 N–H and O–H groups in total. The smallest absolute Gasteiger partial charge is 0.345 e. The molecule has 0 atom stereocenters. The van der Waals surface area contributed by atoms with Crippen LogP contribution in [0.15, 0.2) is 78.2 Å². The van der Waals surface area contributed by atoms with Crippen molar-refractivity contribution in [3.05, 3.63) is 84.2 Å². The van der Waals surface area contributed by atoms with Crippen molar-refractivity contribution in [1.82, 2.24) is 15.3 Å². The lowest BCUT2D eigenvalue weighted by Crippen LogP contribution is -2.47. The van der Waals surface area contributed by atoms with Crippen LogP contribution in [0.1, 0.15) is 22.3 Å². The number of pyridine rings is 1. The molecule has 1 amide bonds. The van der Waals surface area contributed by atoms with Crippen molar-refractivity contribution in [2.45, 2.75) is 6.42 Å². The summed E-state index contributed by atoms with van der Waals surface area (Å²) in [7, 11) is 1.49. The van der Waals surface area contributed by atoms with E-state index in [9.17, 15) is 9.59 Å². The molecule has 0 unspecified atom stereocenters. The van der Waals surface area contributed by atoms with Gasteiger partial charge in [0.1, 0.15) is 0 Å². The van der Waals surface area contributed by atoms with Gasteiger partial charge in [0.2, 0.25) is 5.91 Å². The van der Waals surface area contributed by atoms with Gasteiger partial charge in [0.25, 0.3) is 0 Å². The van der Waals surface area contributed by atoms with Gasteiger partial charge >= 0.3 is 5.97 Å². The van der Waals surface area contributed by atoms with Crippen LogP contribution in [0.4, 0.5) is 5.69 Å². The van der Waals surface area contributed by atoms with Crippen molar-refractivity contribution in [2.24, 2.45) is 5.10 Å². The van der Waals surface area contributed by atoms with Crippen molar-refractivity contribution in [1.29, 1.82) is 0 Å². The SMILES string of the molecule is COc1cc(/C=N/NC(=O)CCN2CCN(c3ccccc3)CC2)ccc1OC(=O)c1cccnc1. The molecule has 1 fully saturated rings. The first kappa shape index (κ1) is 24.9. The molecule has 0 radical (unpaired) electrons. The number of benzene rings is 2. The van der Waals surface area contributed by atoms with Crippen LogP contribution in [0.5, 0.6) is 11.5 Å². The Morgan fingerprint density at radius 3 is 2.56 bits per heavy atom. The maximum absolute atomic E-state index is 12.3. The van der Waals surface area contributed by atoms with Gasteiger partial charge < -0.3 is 14.4 Å². The standard InChI is InChI=1S/C27H29N5O4/c1-35-25-18-21(9-10-24(25)36-27(34)22-6-5-12-28-20-22)19-29-30-26(33)11-13-31-14-16-32(17-15-31)23-7-3-2-4-8-23/h2-10,12,18-20H,11,13-17H2,1H3,(H,30,33)/b29-19+. The van der Waals surface area contributed by atoms with Crippen LogP contribution in [0.3, 0.4) is 0 Å². The fourth-order valence-electron chi connectivity index (χ4n) is 3.85. The zero-order valence-corrected chi connectivity index (χ0v) is 20.2. The van der Waals surface area contributed by atoms with E-state index in [1.807, 2.05) is 6.07 Å². The molecule has 0 saturated carbocycles. The Bertz CT molecular complexity index is 1180. The molecule has 1 aromatic heterocycles. The number of para-hydroxylation sites is 1. The maximum atomic E-state index is 12.3. The molecular weight excluding hydrogens is 458 g/mol. The minimum Gasteiger partial charge on any atom is -0.493 e. The van der Waals surface area contributed by atoms with Gasteiger partial charge in [-0.15, -0.1) is 0 Å². The van der Waals surface area contributed by atoms with E-state index in [4.69, 9.17) is 9.47 Å². The minimum absolute atomic E-state index is 0.147. The summed E-state index contributed by atoms with van der Waals surface area (Å²) >= 11 is 0. The summed E-state index contributed by atoms with van der Waals surface area (Å²) in [6, 6.07) is 18.7. The number of hydrogen-bond acceptors (Lipinski definition) is 8. The second-order valence-electron chi connectivity index (χ2n) is 8.25. The summed E-state index contributed by atoms with van der Waals surface area (Å²) in [5.74, 6) is -0.0284. The van der Waals surface area contributed by atoms with Gasteiger partial charge in [0, 0.05) is 57.2 Å². The number of aromatic nitrogens is 1. The molecule has 1 aliphatic heterocycles. The minimum atomic E-state index is -0.531. The largest absolute Gasteiger partial charge is 0.493 e. The van der Waals surface area contributed by atoms with Crippen LogP contribution in [0, 0.1) is 0 Å². The molecule has 4 rings (SSSR count). The zero-order chi connectivity index (χ0) is 25.2. The van der Waals surface area contributed by atoms with Crippen LogP contribution in [0.25, 0.3) is 0 Å². The Morgan fingerprint density at radius 2 is 1.83 bits per heavy atom. The molecule has 36 heavy (non-hydrogen) atoms. The number of rotatable bonds is 9. The third-order valence-electron chi connectivity index (χ3n) is 5.84. The molecule has 0 aliphatic carbocycles. The summed E-state index contributed by atoms with van der Waals surface area (Å²) in [6.45, 7) is 4.42. The number of nitrogens with one attached hydrogen (secondary N) is 1. The average molecular weight is 488 g/mol. The highest BCUT2D eigenvalue weighted by atomic mass is 16.6. The number of esters is 1.